The Morgan fingerprint density at radius 1 is 1.44 bits per heavy atom. The van der Waals surface area contributed by atoms with Crippen LogP contribution in [0.3, 0.4) is 0 Å². The molecule has 0 saturated carbocycles. The second kappa shape index (κ2) is 5.41. The fourth-order valence-corrected chi connectivity index (χ4v) is 2.12. The SMILES string of the molecule is CNCc1noc(CC2CCN(C)CC2)n1. The molecular weight excluding hydrogens is 204 g/mol. The zero-order valence-electron chi connectivity index (χ0n) is 10.1. The molecular formula is C11H20N4O. The van der Waals surface area contributed by atoms with E-state index >= 15 is 0 Å². The van der Waals surface area contributed by atoms with Gasteiger partial charge in [0.1, 0.15) is 0 Å². The molecule has 1 aromatic rings. The van der Waals surface area contributed by atoms with Crippen LogP contribution in [0.25, 0.3) is 0 Å². The quantitative estimate of drug-likeness (QED) is 0.815. The highest BCUT2D eigenvalue weighted by molar-refractivity contribution is 4.88. The third kappa shape index (κ3) is 3.02. The minimum atomic E-state index is 0.677. The van der Waals surface area contributed by atoms with Gasteiger partial charge >= 0.3 is 0 Å². The molecule has 5 heteroatoms. The van der Waals surface area contributed by atoms with Crippen molar-refractivity contribution in [2.45, 2.75) is 25.8 Å². The molecule has 1 fully saturated rings. The predicted molar refractivity (Wildman–Crippen MR) is 61.0 cm³/mol. The Morgan fingerprint density at radius 3 is 2.88 bits per heavy atom. The molecule has 0 aliphatic carbocycles. The maximum atomic E-state index is 5.23. The summed E-state index contributed by atoms with van der Waals surface area (Å²) in [5.74, 6) is 2.25. The molecule has 90 valence electrons. The lowest BCUT2D eigenvalue weighted by molar-refractivity contribution is 0.208. The van der Waals surface area contributed by atoms with Crippen LogP contribution in [-0.4, -0.2) is 42.2 Å². The molecule has 0 atom stereocenters. The molecule has 1 N–H and O–H groups in total. The predicted octanol–water partition coefficient (Wildman–Crippen LogP) is 0.673. The molecule has 5 nitrogen and oxygen atoms in total. The first-order valence-electron chi connectivity index (χ1n) is 5.92. The minimum Gasteiger partial charge on any atom is -0.339 e. The van der Waals surface area contributed by atoms with E-state index in [1.54, 1.807) is 0 Å². The normalized spacial score (nSPS) is 19.1. The second-order valence-corrected chi connectivity index (χ2v) is 4.59. The number of nitrogens with one attached hydrogen (secondary N) is 1. The van der Waals surface area contributed by atoms with Gasteiger partial charge in [-0.1, -0.05) is 5.16 Å². The van der Waals surface area contributed by atoms with Gasteiger partial charge in [0, 0.05) is 6.42 Å². The molecule has 0 radical (unpaired) electrons. The highest BCUT2D eigenvalue weighted by atomic mass is 16.5. The molecule has 0 unspecified atom stereocenters. The molecule has 1 saturated heterocycles. The average Bonchev–Trinajstić information content (AvgIpc) is 2.70. The van der Waals surface area contributed by atoms with Gasteiger partial charge in [-0.3, -0.25) is 0 Å². The zero-order valence-corrected chi connectivity index (χ0v) is 10.1. The lowest BCUT2D eigenvalue weighted by Gasteiger charge is -2.27. The molecule has 1 aliphatic heterocycles. The summed E-state index contributed by atoms with van der Waals surface area (Å²) in [4.78, 5) is 6.73. The van der Waals surface area contributed by atoms with Crippen LogP contribution in [0.4, 0.5) is 0 Å². The Balaban J connectivity index is 1.83. The highest BCUT2D eigenvalue weighted by Gasteiger charge is 2.19. The molecule has 16 heavy (non-hydrogen) atoms. The summed E-state index contributed by atoms with van der Waals surface area (Å²) in [6, 6.07) is 0. The molecule has 1 aromatic heterocycles. The molecule has 0 spiro atoms. The lowest BCUT2D eigenvalue weighted by atomic mass is 9.94. The van der Waals surface area contributed by atoms with Crippen molar-refractivity contribution in [2.75, 3.05) is 27.2 Å². The fraction of sp³-hybridized carbons (Fsp3) is 0.818. The van der Waals surface area contributed by atoms with Crippen LogP contribution in [0.2, 0.25) is 0 Å². The van der Waals surface area contributed by atoms with E-state index in [0.29, 0.717) is 12.5 Å². The van der Waals surface area contributed by atoms with Gasteiger partial charge in [0.2, 0.25) is 5.89 Å². The Bertz CT molecular complexity index is 318. The number of rotatable bonds is 4. The third-order valence-corrected chi connectivity index (χ3v) is 3.15. The van der Waals surface area contributed by atoms with Crippen LogP contribution in [-0.2, 0) is 13.0 Å². The summed E-state index contributed by atoms with van der Waals surface area (Å²) in [7, 11) is 4.06. The average molecular weight is 224 g/mol. The molecule has 2 heterocycles. The van der Waals surface area contributed by atoms with Crippen molar-refractivity contribution in [3.8, 4) is 0 Å². The monoisotopic (exact) mass is 224 g/mol. The smallest absolute Gasteiger partial charge is 0.226 e. The van der Waals surface area contributed by atoms with E-state index in [1.807, 2.05) is 7.05 Å². The molecule has 0 amide bonds. The first-order chi connectivity index (χ1) is 7.78. The van der Waals surface area contributed by atoms with Crippen LogP contribution >= 0.6 is 0 Å². The van der Waals surface area contributed by atoms with E-state index in [0.717, 1.165) is 18.1 Å². The van der Waals surface area contributed by atoms with Gasteiger partial charge in [0.05, 0.1) is 6.54 Å². The molecule has 2 rings (SSSR count). The summed E-state index contributed by atoms with van der Waals surface area (Å²) < 4.78 is 5.23. The summed E-state index contributed by atoms with van der Waals surface area (Å²) in [5, 5.41) is 6.94. The first kappa shape index (κ1) is 11.5. The van der Waals surface area contributed by atoms with Gasteiger partial charge in [-0.2, -0.15) is 4.98 Å². The topological polar surface area (TPSA) is 54.2 Å². The number of nitrogens with zero attached hydrogens (tertiary/aromatic N) is 3. The zero-order chi connectivity index (χ0) is 11.4. The van der Waals surface area contributed by atoms with Crippen molar-refractivity contribution in [3.63, 3.8) is 0 Å². The van der Waals surface area contributed by atoms with E-state index in [-0.39, 0.29) is 0 Å². The van der Waals surface area contributed by atoms with Crippen LogP contribution in [0.15, 0.2) is 4.52 Å². The lowest BCUT2D eigenvalue weighted by Crippen LogP contribution is -2.31. The largest absolute Gasteiger partial charge is 0.339 e. The summed E-state index contributed by atoms with van der Waals surface area (Å²) in [6.45, 7) is 3.04. The van der Waals surface area contributed by atoms with Gasteiger partial charge in [-0.15, -0.1) is 0 Å². The number of likely N-dealkylation sites (tertiary alicyclic amines) is 1. The van der Waals surface area contributed by atoms with Gasteiger partial charge in [-0.25, -0.2) is 0 Å². The summed E-state index contributed by atoms with van der Waals surface area (Å²) in [5.41, 5.74) is 0. The van der Waals surface area contributed by atoms with E-state index in [1.165, 1.54) is 25.9 Å². The molecule has 0 aromatic carbocycles. The number of aromatic nitrogens is 2. The van der Waals surface area contributed by atoms with E-state index < -0.39 is 0 Å². The van der Waals surface area contributed by atoms with Crippen LogP contribution in [0.5, 0.6) is 0 Å². The molecule has 1 aliphatic rings. The summed E-state index contributed by atoms with van der Waals surface area (Å²) in [6.07, 6.45) is 3.41. The highest BCUT2D eigenvalue weighted by Crippen LogP contribution is 2.19. The van der Waals surface area contributed by atoms with E-state index in [2.05, 4.69) is 27.4 Å². The van der Waals surface area contributed by atoms with Crippen molar-refractivity contribution >= 4 is 0 Å². The van der Waals surface area contributed by atoms with E-state index in [9.17, 15) is 0 Å². The van der Waals surface area contributed by atoms with E-state index in [4.69, 9.17) is 4.52 Å². The summed E-state index contributed by atoms with van der Waals surface area (Å²) >= 11 is 0. The third-order valence-electron chi connectivity index (χ3n) is 3.15. The Kier molecular flexibility index (Phi) is 3.90. The number of hydrogen-bond acceptors (Lipinski definition) is 5. The maximum Gasteiger partial charge on any atom is 0.226 e. The Labute approximate surface area is 96.2 Å². The fourth-order valence-electron chi connectivity index (χ4n) is 2.12. The van der Waals surface area contributed by atoms with Crippen LogP contribution < -0.4 is 5.32 Å². The number of hydrogen-bond donors (Lipinski definition) is 1. The maximum absolute atomic E-state index is 5.23. The second-order valence-electron chi connectivity index (χ2n) is 4.59. The van der Waals surface area contributed by atoms with Crippen molar-refractivity contribution < 1.29 is 4.52 Å². The Morgan fingerprint density at radius 2 is 2.19 bits per heavy atom. The van der Waals surface area contributed by atoms with Gasteiger partial charge < -0.3 is 14.7 Å². The minimum absolute atomic E-state index is 0.677. The van der Waals surface area contributed by atoms with Crippen molar-refractivity contribution in [3.05, 3.63) is 11.7 Å². The standard InChI is InChI=1S/C11H20N4O/c1-12-8-10-13-11(16-14-10)7-9-3-5-15(2)6-4-9/h9,12H,3-8H2,1-2H3. The van der Waals surface area contributed by atoms with Crippen molar-refractivity contribution in [2.24, 2.45) is 5.92 Å². The molecule has 0 bridgehead atoms. The van der Waals surface area contributed by atoms with Crippen LogP contribution in [0.1, 0.15) is 24.6 Å². The van der Waals surface area contributed by atoms with Gasteiger partial charge in [0.15, 0.2) is 5.82 Å². The van der Waals surface area contributed by atoms with Gasteiger partial charge in [0.25, 0.3) is 0 Å². The van der Waals surface area contributed by atoms with Crippen molar-refractivity contribution in [1.82, 2.24) is 20.4 Å². The Hall–Kier alpha value is -0.940. The number of piperidine rings is 1. The first-order valence-corrected chi connectivity index (χ1v) is 5.92. The van der Waals surface area contributed by atoms with Crippen LogP contribution in [0, 0.1) is 5.92 Å². The van der Waals surface area contributed by atoms with Crippen molar-refractivity contribution in [1.29, 1.82) is 0 Å². The van der Waals surface area contributed by atoms with Gasteiger partial charge in [-0.05, 0) is 45.9 Å².